The van der Waals surface area contributed by atoms with E-state index in [1.165, 1.54) is 18.2 Å². The molecule has 0 saturated carbocycles. The van der Waals surface area contributed by atoms with Gasteiger partial charge in [0.15, 0.2) is 0 Å². The number of amides is 1. The van der Waals surface area contributed by atoms with Gasteiger partial charge in [-0.05, 0) is 49.9 Å². The number of nitro groups is 1. The van der Waals surface area contributed by atoms with Crippen molar-refractivity contribution in [1.82, 2.24) is 9.62 Å². The minimum absolute atomic E-state index is 0.0113. The smallest absolute Gasteiger partial charge is 0.293 e. The normalized spacial score (nSPS) is 18.9. The van der Waals surface area contributed by atoms with Crippen molar-refractivity contribution in [3.05, 3.63) is 64.2 Å². The van der Waals surface area contributed by atoms with Crippen LogP contribution >= 0.6 is 0 Å². The predicted molar refractivity (Wildman–Crippen MR) is 131 cm³/mol. The van der Waals surface area contributed by atoms with Crippen molar-refractivity contribution in [3.8, 4) is 0 Å². The van der Waals surface area contributed by atoms with E-state index in [0.717, 1.165) is 38.2 Å². The molecule has 0 bridgehead atoms. The lowest BCUT2D eigenvalue weighted by Gasteiger charge is -2.41. The highest BCUT2D eigenvalue weighted by Gasteiger charge is 2.37. The van der Waals surface area contributed by atoms with E-state index in [1.54, 1.807) is 18.2 Å². The molecule has 10 nitrogen and oxygen atoms in total. The second-order valence-corrected chi connectivity index (χ2v) is 10.8. The third-order valence-electron chi connectivity index (χ3n) is 6.74. The number of piperidine rings is 1. The van der Waals surface area contributed by atoms with Crippen LogP contribution in [0.4, 0.5) is 15.8 Å². The summed E-state index contributed by atoms with van der Waals surface area (Å²) in [6.45, 7) is 2.50. The highest BCUT2D eigenvalue weighted by atomic mass is 32.2. The highest BCUT2D eigenvalue weighted by Crippen LogP contribution is 2.32. The predicted octanol–water partition coefficient (Wildman–Crippen LogP) is 3.11. The molecule has 2 aromatic rings. The Morgan fingerprint density at radius 3 is 2.44 bits per heavy atom. The van der Waals surface area contributed by atoms with E-state index in [-0.39, 0.29) is 17.8 Å². The number of nitrogens with zero attached hydrogens (tertiary/aromatic N) is 2. The van der Waals surface area contributed by atoms with Gasteiger partial charge in [0.1, 0.15) is 11.4 Å². The lowest BCUT2D eigenvalue weighted by molar-refractivity contribution is -0.384. The van der Waals surface area contributed by atoms with Gasteiger partial charge >= 0.3 is 0 Å². The molecular weight excluding hydrogens is 491 g/mol. The number of hydrogen-bond acceptors (Lipinski definition) is 8. The molecule has 36 heavy (non-hydrogen) atoms. The summed E-state index contributed by atoms with van der Waals surface area (Å²) in [5.41, 5.74) is -1.92. The number of anilines is 1. The van der Waals surface area contributed by atoms with Crippen LogP contribution < -0.4 is 10.0 Å². The molecule has 0 atom stereocenters. The van der Waals surface area contributed by atoms with Gasteiger partial charge in [-0.25, -0.2) is 17.5 Å². The van der Waals surface area contributed by atoms with Crippen LogP contribution in [0.5, 0.6) is 0 Å². The van der Waals surface area contributed by atoms with Crippen LogP contribution in [0.3, 0.4) is 0 Å². The zero-order valence-electron chi connectivity index (χ0n) is 19.7. The van der Waals surface area contributed by atoms with Crippen LogP contribution in [0.15, 0.2) is 53.4 Å². The highest BCUT2D eigenvalue weighted by molar-refractivity contribution is 7.90. The van der Waals surface area contributed by atoms with Crippen molar-refractivity contribution in [2.45, 2.75) is 42.3 Å². The molecule has 2 aliphatic rings. The molecule has 2 aromatic carbocycles. The van der Waals surface area contributed by atoms with Crippen LogP contribution in [-0.2, 0) is 14.8 Å². The lowest BCUT2D eigenvalue weighted by Crippen LogP contribution is -2.50. The fourth-order valence-electron chi connectivity index (χ4n) is 4.58. The van der Waals surface area contributed by atoms with Crippen molar-refractivity contribution in [2.24, 2.45) is 0 Å². The molecule has 0 unspecified atom stereocenters. The van der Waals surface area contributed by atoms with Gasteiger partial charge in [-0.15, -0.1) is 0 Å². The number of carbonyl (C=O) groups is 1. The van der Waals surface area contributed by atoms with Gasteiger partial charge in [-0.2, -0.15) is 0 Å². The summed E-state index contributed by atoms with van der Waals surface area (Å²) >= 11 is 0. The van der Waals surface area contributed by atoms with E-state index in [2.05, 4.69) is 10.2 Å². The Balaban J connectivity index is 1.41. The first-order chi connectivity index (χ1) is 17.2. The Morgan fingerprint density at radius 2 is 1.81 bits per heavy atom. The van der Waals surface area contributed by atoms with Crippen molar-refractivity contribution in [3.63, 3.8) is 0 Å². The molecular formula is C24H29FN4O6S. The summed E-state index contributed by atoms with van der Waals surface area (Å²) in [6.07, 6.45) is 2.46. The third-order valence-corrected chi connectivity index (χ3v) is 8.06. The van der Waals surface area contributed by atoms with Gasteiger partial charge in [0.25, 0.3) is 21.6 Å². The Labute approximate surface area is 209 Å². The Morgan fingerprint density at radius 1 is 1.14 bits per heavy atom. The Hall–Kier alpha value is -3.09. The number of nitro benzene ring substituents is 1. The number of rotatable bonds is 8. The molecule has 2 N–H and O–H groups in total. The maximum Gasteiger partial charge on any atom is 0.293 e. The van der Waals surface area contributed by atoms with Crippen molar-refractivity contribution < 1.29 is 27.3 Å². The SMILES string of the molecule is O=C(NS(=O)(=O)c1ccc(NCC2(F)CCN(C3CCOCC3)CC2)c([N+](=O)[O-])c1)c1ccccc1. The number of carbonyl (C=O) groups excluding carboxylic acids is 1. The summed E-state index contributed by atoms with van der Waals surface area (Å²) in [4.78, 5) is 25.0. The first-order valence-electron chi connectivity index (χ1n) is 11.8. The first-order valence-corrected chi connectivity index (χ1v) is 13.3. The van der Waals surface area contributed by atoms with Crippen molar-refractivity contribution in [2.75, 3.05) is 38.2 Å². The van der Waals surface area contributed by atoms with E-state index < -0.39 is 37.1 Å². The summed E-state index contributed by atoms with van der Waals surface area (Å²) in [5.74, 6) is -0.855. The largest absolute Gasteiger partial charge is 0.381 e. The maximum absolute atomic E-state index is 15.5. The van der Waals surface area contributed by atoms with Gasteiger partial charge in [-0.3, -0.25) is 19.8 Å². The third kappa shape index (κ3) is 6.18. The number of hydrogen-bond donors (Lipinski definition) is 2. The molecule has 0 aromatic heterocycles. The minimum Gasteiger partial charge on any atom is -0.381 e. The molecule has 0 aliphatic carbocycles. The van der Waals surface area contributed by atoms with Gasteiger partial charge in [0.2, 0.25) is 0 Å². The van der Waals surface area contributed by atoms with E-state index in [9.17, 15) is 23.3 Å². The zero-order chi connectivity index (χ0) is 25.8. The fourth-order valence-corrected chi connectivity index (χ4v) is 5.57. The summed E-state index contributed by atoms with van der Waals surface area (Å²) in [6, 6.07) is 11.4. The van der Waals surface area contributed by atoms with Crippen molar-refractivity contribution >= 4 is 27.3 Å². The molecule has 2 saturated heterocycles. The number of likely N-dealkylation sites (tertiary alicyclic amines) is 1. The van der Waals surface area contributed by atoms with Crippen LogP contribution in [0.1, 0.15) is 36.0 Å². The van der Waals surface area contributed by atoms with Gasteiger partial charge in [-0.1, -0.05) is 18.2 Å². The Bertz CT molecular complexity index is 1200. The number of sulfonamides is 1. The van der Waals surface area contributed by atoms with E-state index >= 15 is 4.39 Å². The summed E-state index contributed by atoms with van der Waals surface area (Å²) < 4.78 is 48.1. The van der Waals surface area contributed by atoms with E-state index in [1.807, 2.05) is 4.72 Å². The van der Waals surface area contributed by atoms with Crippen LogP contribution in [0.2, 0.25) is 0 Å². The standard InChI is InChI=1S/C24H29FN4O6S/c25-24(10-12-28(13-11-24)19-8-14-35-15-9-19)17-26-21-7-6-20(16-22(21)29(31)32)36(33,34)27-23(30)18-4-2-1-3-5-18/h1-7,16,19,26H,8-15,17H2,(H,27,30). The molecule has 0 spiro atoms. The number of ether oxygens (including phenoxy) is 1. The summed E-state index contributed by atoms with van der Waals surface area (Å²) in [5, 5.41) is 14.5. The first kappa shape index (κ1) is 26.0. The van der Waals surface area contributed by atoms with Crippen LogP contribution in [0, 0.1) is 10.1 Å². The van der Waals surface area contributed by atoms with Crippen LogP contribution in [0.25, 0.3) is 0 Å². The van der Waals surface area contributed by atoms with Gasteiger partial charge < -0.3 is 10.1 Å². The molecule has 4 rings (SSSR count). The molecule has 2 heterocycles. The average Bonchev–Trinajstić information content (AvgIpc) is 2.88. The van der Waals surface area contributed by atoms with E-state index in [0.29, 0.717) is 32.0 Å². The molecule has 194 valence electrons. The topological polar surface area (TPSA) is 131 Å². The summed E-state index contributed by atoms with van der Waals surface area (Å²) in [7, 11) is -4.37. The molecule has 2 aliphatic heterocycles. The molecule has 1 amide bonds. The number of halogens is 1. The van der Waals surface area contributed by atoms with Crippen LogP contribution in [-0.4, -0.2) is 68.7 Å². The lowest BCUT2D eigenvalue weighted by atomic mass is 9.91. The van der Waals surface area contributed by atoms with E-state index in [4.69, 9.17) is 4.74 Å². The van der Waals surface area contributed by atoms with Crippen molar-refractivity contribution in [1.29, 1.82) is 0 Å². The number of benzene rings is 2. The second-order valence-electron chi connectivity index (χ2n) is 9.12. The quantitative estimate of drug-likeness (QED) is 0.401. The maximum atomic E-state index is 15.5. The van der Waals surface area contributed by atoms with Gasteiger partial charge in [0.05, 0.1) is 9.82 Å². The molecule has 12 heteroatoms. The van der Waals surface area contributed by atoms with Gasteiger partial charge in [0, 0.05) is 50.5 Å². The second kappa shape index (κ2) is 10.9. The fraction of sp³-hybridized carbons (Fsp3) is 0.458. The number of alkyl halides is 1. The molecule has 0 radical (unpaired) electrons. The molecule has 2 fully saturated rings. The number of nitrogens with one attached hydrogen (secondary N) is 2. The minimum atomic E-state index is -4.37. The Kier molecular flexibility index (Phi) is 7.86. The monoisotopic (exact) mass is 520 g/mol. The average molecular weight is 521 g/mol. The zero-order valence-corrected chi connectivity index (χ0v) is 20.5.